The van der Waals surface area contributed by atoms with Gasteiger partial charge < -0.3 is 19.9 Å². The van der Waals surface area contributed by atoms with Crippen molar-refractivity contribution in [1.29, 1.82) is 0 Å². The Labute approximate surface area is 119 Å². The summed E-state index contributed by atoms with van der Waals surface area (Å²) >= 11 is 5.85. The lowest BCUT2D eigenvalue weighted by atomic mass is 10.2. The fourth-order valence-corrected chi connectivity index (χ4v) is 1.81. The molecule has 0 aromatic heterocycles. The van der Waals surface area contributed by atoms with E-state index in [-0.39, 0.29) is 12.6 Å². The third-order valence-corrected chi connectivity index (χ3v) is 2.98. The van der Waals surface area contributed by atoms with Crippen LogP contribution in [-0.4, -0.2) is 44.1 Å². The molecule has 5 heteroatoms. The summed E-state index contributed by atoms with van der Waals surface area (Å²) in [6.45, 7) is 3.42. The molecule has 0 radical (unpaired) electrons. The molecule has 0 amide bonds. The molecule has 108 valence electrons. The van der Waals surface area contributed by atoms with Gasteiger partial charge in [-0.25, -0.2) is 0 Å². The summed E-state index contributed by atoms with van der Waals surface area (Å²) in [5, 5.41) is 13.7. The van der Waals surface area contributed by atoms with Gasteiger partial charge in [0.25, 0.3) is 0 Å². The van der Waals surface area contributed by atoms with Crippen LogP contribution in [0.2, 0.25) is 5.02 Å². The van der Waals surface area contributed by atoms with Crippen molar-refractivity contribution in [3.8, 4) is 5.75 Å². The molecular formula is C14H22ClNO3. The van der Waals surface area contributed by atoms with E-state index in [0.29, 0.717) is 23.9 Å². The average molecular weight is 288 g/mol. The Balaban J connectivity index is 2.25. The van der Waals surface area contributed by atoms with Gasteiger partial charge in [-0.3, -0.25) is 0 Å². The molecule has 0 fully saturated rings. The van der Waals surface area contributed by atoms with Crippen molar-refractivity contribution in [1.82, 2.24) is 5.32 Å². The van der Waals surface area contributed by atoms with Crippen LogP contribution in [0.3, 0.4) is 0 Å². The summed E-state index contributed by atoms with van der Waals surface area (Å²) < 4.78 is 10.5. The molecule has 2 unspecified atom stereocenters. The largest absolute Gasteiger partial charge is 0.491 e. The molecule has 0 bridgehead atoms. The van der Waals surface area contributed by atoms with Gasteiger partial charge in [-0.05, 0) is 24.6 Å². The van der Waals surface area contributed by atoms with E-state index in [1.807, 2.05) is 12.1 Å². The maximum absolute atomic E-state index is 9.83. The summed E-state index contributed by atoms with van der Waals surface area (Å²) in [6.07, 6.45) is 0.389. The predicted molar refractivity (Wildman–Crippen MR) is 76.9 cm³/mol. The topological polar surface area (TPSA) is 50.7 Å². The third kappa shape index (κ3) is 6.78. The minimum Gasteiger partial charge on any atom is -0.491 e. The zero-order valence-electron chi connectivity index (χ0n) is 11.4. The van der Waals surface area contributed by atoms with E-state index in [1.165, 1.54) is 0 Å². The number of methoxy groups -OCH3 is 1. The molecule has 0 saturated carbocycles. The molecule has 0 spiro atoms. The fraction of sp³-hybridized carbons (Fsp3) is 0.571. The molecule has 0 heterocycles. The maximum Gasteiger partial charge on any atom is 0.120 e. The smallest absolute Gasteiger partial charge is 0.120 e. The van der Waals surface area contributed by atoms with Crippen LogP contribution in [0.5, 0.6) is 5.75 Å². The van der Waals surface area contributed by atoms with Gasteiger partial charge in [-0.15, -0.1) is 0 Å². The lowest BCUT2D eigenvalue weighted by Crippen LogP contribution is -2.39. The summed E-state index contributed by atoms with van der Waals surface area (Å²) in [6, 6.07) is 7.38. The third-order valence-electron chi connectivity index (χ3n) is 2.74. The van der Waals surface area contributed by atoms with Crippen LogP contribution in [0, 0.1) is 0 Å². The van der Waals surface area contributed by atoms with Crippen LogP contribution in [0.15, 0.2) is 24.3 Å². The average Bonchev–Trinajstić information content (AvgIpc) is 2.41. The number of nitrogens with one attached hydrogen (secondary N) is 1. The second kappa shape index (κ2) is 9.15. The van der Waals surface area contributed by atoms with Gasteiger partial charge in [0, 0.05) is 24.7 Å². The molecule has 2 atom stereocenters. The SMILES string of the molecule is CCC(COC)NCC(O)COc1cccc(Cl)c1. The van der Waals surface area contributed by atoms with E-state index in [0.717, 1.165) is 6.42 Å². The van der Waals surface area contributed by atoms with E-state index in [4.69, 9.17) is 21.1 Å². The first-order valence-electron chi connectivity index (χ1n) is 6.44. The van der Waals surface area contributed by atoms with E-state index in [2.05, 4.69) is 12.2 Å². The Morgan fingerprint density at radius 2 is 2.16 bits per heavy atom. The van der Waals surface area contributed by atoms with Crippen LogP contribution >= 0.6 is 11.6 Å². The van der Waals surface area contributed by atoms with Crippen molar-refractivity contribution in [3.63, 3.8) is 0 Å². The van der Waals surface area contributed by atoms with Gasteiger partial charge in [0.2, 0.25) is 0 Å². The summed E-state index contributed by atoms with van der Waals surface area (Å²) in [5.74, 6) is 0.662. The Kier molecular flexibility index (Phi) is 7.82. The van der Waals surface area contributed by atoms with Gasteiger partial charge in [0.15, 0.2) is 0 Å². The molecule has 1 rings (SSSR count). The standard InChI is InChI=1S/C14H22ClNO3/c1-3-12(9-18-2)16-8-13(17)10-19-14-6-4-5-11(15)7-14/h4-7,12-13,16-17H,3,8-10H2,1-2H3. The quantitative estimate of drug-likeness (QED) is 0.730. The van der Waals surface area contributed by atoms with Gasteiger partial charge in [0.1, 0.15) is 18.5 Å². The number of halogens is 1. The zero-order chi connectivity index (χ0) is 14.1. The van der Waals surface area contributed by atoms with Crippen molar-refractivity contribution in [2.75, 3.05) is 26.9 Å². The van der Waals surface area contributed by atoms with Crippen LogP contribution in [-0.2, 0) is 4.74 Å². The van der Waals surface area contributed by atoms with E-state index < -0.39 is 6.10 Å². The molecular weight excluding hydrogens is 266 g/mol. The van der Waals surface area contributed by atoms with E-state index >= 15 is 0 Å². The first-order chi connectivity index (χ1) is 9.15. The highest BCUT2D eigenvalue weighted by atomic mass is 35.5. The number of aliphatic hydroxyl groups excluding tert-OH is 1. The zero-order valence-corrected chi connectivity index (χ0v) is 12.2. The molecule has 1 aromatic rings. The molecule has 1 aromatic carbocycles. The highest BCUT2D eigenvalue weighted by molar-refractivity contribution is 6.30. The molecule has 0 aliphatic carbocycles. The van der Waals surface area contributed by atoms with Crippen LogP contribution in [0.4, 0.5) is 0 Å². The van der Waals surface area contributed by atoms with Gasteiger partial charge >= 0.3 is 0 Å². The van der Waals surface area contributed by atoms with Crippen LogP contribution < -0.4 is 10.1 Å². The van der Waals surface area contributed by atoms with Gasteiger partial charge in [0.05, 0.1) is 6.61 Å². The van der Waals surface area contributed by atoms with Crippen molar-refractivity contribution in [2.45, 2.75) is 25.5 Å². The fourth-order valence-electron chi connectivity index (χ4n) is 1.63. The molecule has 4 nitrogen and oxygen atoms in total. The van der Waals surface area contributed by atoms with Gasteiger partial charge in [-0.1, -0.05) is 24.6 Å². The predicted octanol–water partition coefficient (Wildman–Crippen LogP) is 2.09. The van der Waals surface area contributed by atoms with Crippen molar-refractivity contribution in [3.05, 3.63) is 29.3 Å². The Bertz CT molecular complexity index is 362. The Hall–Kier alpha value is -0.810. The van der Waals surface area contributed by atoms with Crippen LogP contribution in [0.25, 0.3) is 0 Å². The minimum absolute atomic E-state index is 0.233. The second-order valence-electron chi connectivity index (χ2n) is 4.39. The molecule has 2 N–H and O–H groups in total. The highest BCUT2D eigenvalue weighted by Crippen LogP contribution is 2.17. The molecule has 0 aliphatic heterocycles. The first-order valence-corrected chi connectivity index (χ1v) is 6.82. The molecule has 19 heavy (non-hydrogen) atoms. The van der Waals surface area contributed by atoms with E-state index in [9.17, 15) is 5.11 Å². The summed E-state index contributed by atoms with van der Waals surface area (Å²) in [4.78, 5) is 0. The van der Waals surface area contributed by atoms with Gasteiger partial charge in [-0.2, -0.15) is 0 Å². The summed E-state index contributed by atoms with van der Waals surface area (Å²) in [7, 11) is 1.67. The molecule has 0 aliphatic rings. The Morgan fingerprint density at radius 1 is 1.37 bits per heavy atom. The number of benzene rings is 1. The number of hydrogen-bond acceptors (Lipinski definition) is 4. The normalized spacial score (nSPS) is 14.1. The Morgan fingerprint density at radius 3 is 2.79 bits per heavy atom. The monoisotopic (exact) mass is 287 g/mol. The number of rotatable bonds is 9. The number of hydrogen-bond donors (Lipinski definition) is 2. The summed E-state index contributed by atoms with van der Waals surface area (Å²) in [5.41, 5.74) is 0. The maximum atomic E-state index is 9.83. The van der Waals surface area contributed by atoms with Crippen molar-refractivity contribution >= 4 is 11.6 Å². The van der Waals surface area contributed by atoms with Crippen LogP contribution in [0.1, 0.15) is 13.3 Å². The lowest BCUT2D eigenvalue weighted by molar-refractivity contribution is 0.0953. The molecule has 0 saturated heterocycles. The van der Waals surface area contributed by atoms with Crippen molar-refractivity contribution in [2.24, 2.45) is 0 Å². The lowest BCUT2D eigenvalue weighted by Gasteiger charge is -2.19. The minimum atomic E-state index is -0.565. The number of aliphatic hydroxyl groups is 1. The second-order valence-corrected chi connectivity index (χ2v) is 4.83. The van der Waals surface area contributed by atoms with E-state index in [1.54, 1.807) is 19.2 Å². The van der Waals surface area contributed by atoms with Crippen molar-refractivity contribution < 1.29 is 14.6 Å². The highest BCUT2D eigenvalue weighted by Gasteiger charge is 2.10. The number of ether oxygens (including phenoxy) is 2. The first kappa shape index (κ1) is 16.2.